The van der Waals surface area contributed by atoms with Crippen molar-refractivity contribution in [2.24, 2.45) is 0 Å². The highest BCUT2D eigenvalue weighted by atomic mass is 35.5. The SMILES string of the molecule is CNC(c1ccc(Cl)cn1)c1cccc2ccccc12. The molecule has 0 saturated carbocycles. The second-order valence-electron chi connectivity index (χ2n) is 4.69. The molecule has 0 aliphatic heterocycles. The van der Waals surface area contributed by atoms with Gasteiger partial charge in [-0.15, -0.1) is 0 Å². The first-order chi connectivity index (χ1) is 9.79. The fourth-order valence-electron chi connectivity index (χ4n) is 2.52. The van der Waals surface area contributed by atoms with Crippen LogP contribution in [0.5, 0.6) is 0 Å². The van der Waals surface area contributed by atoms with Crippen LogP contribution < -0.4 is 5.32 Å². The minimum Gasteiger partial charge on any atom is -0.308 e. The van der Waals surface area contributed by atoms with Gasteiger partial charge in [-0.05, 0) is 35.5 Å². The summed E-state index contributed by atoms with van der Waals surface area (Å²) in [5, 5.41) is 6.47. The summed E-state index contributed by atoms with van der Waals surface area (Å²) in [6, 6.07) is 18.6. The summed E-state index contributed by atoms with van der Waals surface area (Å²) >= 11 is 5.92. The van der Waals surface area contributed by atoms with E-state index in [-0.39, 0.29) is 6.04 Å². The number of nitrogens with one attached hydrogen (secondary N) is 1. The number of benzene rings is 2. The molecule has 1 N–H and O–H groups in total. The third-order valence-electron chi connectivity index (χ3n) is 3.47. The van der Waals surface area contributed by atoms with Gasteiger partial charge in [-0.25, -0.2) is 0 Å². The molecule has 0 aliphatic carbocycles. The zero-order valence-electron chi connectivity index (χ0n) is 11.2. The van der Waals surface area contributed by atoms with Crippen molar-refractivity contribution in [3.8, 4) is 0 Å². The van der Waals surface area contributed by atoms with Gasteiger partial charge in [0.25, 0.3) is 0 Å². The van der Waals surface area contributed by atoms with Crippen LogP contribution in [0, 0.1) is 0 Å². The normalized spacial score (nSPS) is 12.5. The molecule has 0 bridgehead atoms. The van der Waals surface area contributed by atoms with E-state index >= 15 is 0 Å². The Morgan fingerprint density at radius 1 is 1.00 bits per heavy atom. The molecule has 0 aliphatic rings. The smallest absolute Gasteiger partial charge is 0.0755 e. The number of hydrogen-bond donors (Lipinski definition) is 1. The van der Waals surface area contributed by atoms with Crippen LogP contribution in [0.25, 0.3) is 10.8 Å². The van der Waals surface area contributed by atoms with Crippen molar-refractivity contribution in [3.05, 3.63) is 77.1 Å². The van der Waals surface area contributed by atoms with Crippen LogP contribution in [0.2, 0.25) is 5.02 Å². The van der Waals surface area contributed by atoms with E-state index in [0.717, 1.165) is 5.69 Å². The van der Waals surface area contributed by atoms with Crippen LogP contribution in [0.3, 0.4) is 0 Å². The van der Waals surface area contributed by atoms with E-state index in [1.165, 1.54) is 16.3 Å². The first kappa shape index (κ1) is 13.1. The summed E-state index contributed by atoms with van der Waals surface area (Å²) in [6.07, 6.45) is 1.69. The molecule has 3 aromatic rings. The average Bonchev–Trinajstić information content (AvgIpc) is 2.50. The fourth-order valence-corrected chi connectivity index (χ4v) is 2.63. The number of aromatic nitrogens is 1. The van der Waals surface area contributed by atoms with Crippen molar-refractivity contribution in [1.82, 2.24) is 10.3 Å². The average molecular weight is 283 g/mol. The van der Waals surface area contributed by atoms with Crippen molar-refractivity contribution >= 4 is 22.4 Å². The molecule has 2 nitrogen and oxygen atoms in total. The third kappa shape index (κ3) is 2.40. The van der Waals surface area contributed by atoms with E-state index < -0.39 is 0 Å². The van der Waals surface area contributed by atoms with E-state index in [2.05, 4.69) is 52.8 Å². The molecule has 20 heavy (non-hydrogen) atoms. The summed E-state index contributed by atoms with van der Waals surface area (Å²) in [7, 11) is 1.95. The molecule has 1 aromatic heterocycles. The predicted molar refractivity (Wildman–Crippen MR) is 84.1 cm³/mol. The van der Waals surface area contributed by atoms with Crippen molar-refractivity contribution in [2.75, 3.05) is 7.05 Å². The van der Waals surface area contributed by atoms with E-state index in [1.807, 2.05) is 19.2 Å². The van der Waals surface area contributed by atoms with E-state index in [9.17, 15) is 0 Å². The Balaban J connectivity index is 2.14. The van der Waals surface area contributed by atoms with Crippen molar-refractivity contribution in [2.45, 2.75) is 6.04 Å². The zero-order valence-corrected chi connectivity index (χ0v) is 11.9. The minimum atomic E-state index is 0.0540. The van der Waals surface area contributed by atoms with Gasteiger partial charge < -0.3 is 5.32 Å². The zero-order chi connectivity index (χ0) is 13.9. The Hall–Kier alpha value is -1.90. The topological polar surface area (TPSA) is 24.9 Å². The van der Waals surface area contributed by atoms with Gasteiger partial charge in [-0.1, -0.05) is 54.1 Å². The van der Waals surface area contributed by atoms with E-state index in [0.29, 0.717) is 5.02 Å². The molecule has 1 atom stereocenters. The number of nitrogens with zero attached hydrogens (tertiary/aromatic N) is 1. The Morgan fingerprint density at radius 2 is 1.80 bits per heavy atom. The summed E-state index contributed by atoms with van der Waals surface area (Å²) in [5.41, 5.74) is 2.19. The first-order valence-corrected chi connectivity index (χ1v) is 6.94. The van der Waals surface area contributed by atoms with E-state index in [4.69, 9.17) is 11.6 Å². The van der Waals surface area contributed by atoms with Gasteiger partial charge in [0.15, 0.2) is 0 Å². The van der Waals surface area contributed by atoms with Gasteiger partial charge in [0.1, 0.15) is 0 Å². The van der Waals surface area contributed by atoms with Gasteiger partial charge in [-0.2, -0.15) is 0 Å². The molecule has 100 valence electrons. The largest absolute Gasteiger partial charge is 0.308 e. The standard InChI is InChI=1S/C17H15ClN2/c1-19-17(16-10-9-13(18)11-20-16)15-8-4-6-12-5-2-3-7-14(12)15/h2-11,17,19H,1H3. The second-order valence-corrected chi connectivity index (χ2v) is 5.13. The maximum Gasteiger partial charge on any atom is 0.0755 e. The summed E-state index contributed by atoms with van der Waals surface area (Å²) < 4.78 is 0. The molecule has 1 unspecified atom stereocenters. The van der Waals surface area contributed by atoms with Gasteiger partial charge in [0.2, 0.25) is 0 Å². The number of halogens is 1. The Labute approximate surface area is 123 Å². The molecule has 0 fully saturated rings. The molecule has 0 radical (unpaired) electrons. The van der Waals surface area contributed by atoms with Crippen LogP contribution >= 0.6 is 11.6 Å². The van der Waals surface area contributed by atoms with Crippen LogP contribution in [0.1, 0.15) is 17.3 Å². The van der Waals surface area contributed by atoms with Gasteiger partial charge in [0.05, 0.1) is 16.8 Å². The lowest BCUT2D eigenvalue weighted by Gasteiger charge is -2.18. The van der Waals surface area contributed by atoms with Crippen molar-refractivity contribution in [1.29, 1.82) is 0 Å². The van der Waals surface area contributed by atoms with Crippen LogP contribution in [-0.4, -0.2) is 12.0 Å². The predicted octanol–water partition coefficient (Wildman–Crippen LogP) is 4.20. The highest BCUT2D eigenvalue weighted by molar-refractivity contribution is 6.30. The van der Waals surface area contributed by atoms with Crippen LogP contribution in [0.15, 0.2) is 60.8 Å². The van der Waals surface area contributed by atoms with E-state index in [1.54, 1.807) is 6.20 Å². The number of fused-ring (bicyclic) bond motifs is 1. The Bertz CT molecular complexity index is 717. The van der Waals surface area contributed by atoms with Crippen LogP contribution in [0.4, 0.5) is 0 Å². The molecule has 0 spiro atoms. The fraction of sp³-hybridized carbons (Fsp3) is 0.118. The molecule has 3 rings (SSSR count). The highest BCUT2D eigenvalue weighted by Crippen LogP contribution is 2.28. The quantitative estimate of drug-likeness (QED) is 0.779. The minimum absolute atomic E-state index is 0.0540. The van der Waals surface area contributed by atoms with Crippen molar-refractivity contribution in [3.63, 3.8) is 0 Å². The molecule has 0 saturated heterocycles. The Morgan fingerprint density at radius 3 is 2.55 bits per heavy atom. The lowest BCUT2D eigenvalue weighted by Crippen LogP contribution is -2.19. The summed E-state index contributed by atoms with van der Waals surface area (Å²) in [6.45, 7) is 0. The second kappa shape index (κ2) is 5.61. The molecule has 2 aromatic carbocycles. The first-order valence-electron chi connectivity index (χ1n) is 6.56. The maximum atomic E-state index is 5.92. The maximum absolute atomic E-state index is 5.92. The number of pyridine rings is 1. The van der Waals surface area contributed by atoms with Gasteiger partial charge in [0, 0.05) is 6.20 Å². The van der Waals surface area contributed by atoms with Gasteiger partial charge >= 0.3 is 0 Å². The van der Waals surface area contributed by atoms with Gasteiger partial charge in [-0.3, -0.25) is 4.98 Å². The molecular weight excluding hydrogens is 268 g/mol. The molecular formula is C17H15ClN2. The van der Waals surface area contributed by atoms with Crippen molar-refractivity contribution < 1.29 is 0 Å². The number of rotatable bonds is 3. The monoisotopic (exact) mass is 282 g/mol. The molecule has 1 heterocycles. The molecule has 3 heteroatoms. The third-order valence-corrected chi connectivity index (χ3v) is 3.69. The lowest BCUT2D eigenvalue weighted by atomic mass is 9.96. The lowest BCUT2D eigenvalue weighted by molar-refractivity contribution is 0.676. The molecule has 0 amide bonds. The highest BCUT2D eigenvalue weighted by Gasteiger charge is 2.15. The number of hydrogen-bond acceptors (Lipinski definition) is 2. The summed E-state index contributed by atoms with van der Waals surface area (Å²) in [4.78, 5) is 4.44. The van der Waals surface area contributed by atoms with Crippen LogP contribution in [-0.2, 0) is 0 Å². The summed E-state index contributed by atoms with van der Waals surface area (Å²) in [5.74, 6) is 0. The Kier molecular flexibility index (Phi) is 3.68.